The topological polar surface area (TPSA) is 33.1 Å². The van der Waals surface area contributed by atoms with Crippen molar-refractivity contribution in [3.63, 3.8) is 0 Å². The van der Waals surface area contributed by atoms with Crippen molar-refractivity contribution in [2.45, 2.75) is 25.4 Å². The molecule has 0 amide bonds. The molecule has 0 aliphatic carbocycles. The van der Waals surface area contributed by atoms with Gasteiger partial charge in [0.05, 0.1) is 11.4 Å². The van der Waals surface area contributed by atoms with E-state index >= 15 is 0 Å². The van der Waals surface area contributed by atoms with Gasteiger partial charge in [-0.25, -0.2) is 4.68 Å². The summed E-state index contributed by atoms with van der Waals surface area (Å²) >= 11 is 0. The summed E-state index contributed by atoms with van der Waals surface area (Å²) in [5, 5.41) is 8.09. The summed E-state index contributed by atoms with van der Waals surface area (Å²) in [5.41, 5.74) is 2.25. The number of benzene rings is 1. The van der Waals surface area contributed by atoms with E-state index < -0.39 is 0 Å². The number of rotatable bonds is 4. The van der Waals surface area contributed by atoms with E-state index in [0.29, 0.717) is 6.04 Å². The molecule has 0 bridgehead atoms. The first-order valence-electron chi connectivity index (χ1n) is 7.34. The van der Waals surface area contributed by atoms with E-state index in [1.54, 1.807) is 0 Å². The molecule has 0 radical (unpaired) electrons. The highest BCUT2D eigenvalue weighted by Gasteiger charge is 2.18. The van der Waals surface area contributed by atoms with Gasteiger partial charge in [-0.1, -0.05) is 18.2 Å². The van der Waals surface area contributed by atoms with Crippen LogP contribution < -0.4 is 5.32 Å². The Morgan fingerprint density at radius 3 is 2.62 bits per heavy atom. The molecule has 114 valence electrons. The van der Waals surface area contributed by atoms with Crippen LogP contribution >= 0.6 is 12.4 Å². The fourth-order valence-electron chi connectivity index (χ4n) is 2.80. The number of hydrogen-bond acceptors (Lipinski definition) is 3. The Hall–Kier alpha value is -1.36. The van der Waals surface area contributed by atoms with Gasteiger partial charge in [-0.15, -0.1) is 12.4 Å². The molecule has 1 N–H and O–H groups in total. The van der Waals surface area contributed by atoms with E-state index in [2.05, 4.69) is 40.6 Å². The van der Waals surface area contributed by atoms with Crippen LogP contribution in [0.25, 0.3) is 5.69 Å². The monoisotopic (exact) mass is 306 g/mol. The smallest absolute Gasteiger partial charge is 0.0769 e. The largest absolute Gasteiger partial charge is 0.317 e. The molecule has 1 saturated heterocycles. The van der Waals surface area contributed by atoms with Gasteiger partial charge in [-0.05, 0) is 51.2 Å². The molecule has 3 rings (SSSR count). The first-order chi connectivity index (χ1) is 9.83. The lowest BCUT2D eigenvalue weighted by Crippen LogP contribution is -2.40. The van der Waals surface area contributed by atoms with Crippen LogP contribution in [0.1, 0.15) is 18.5 Å². The maximum absolute atomic E-state index is 4.67. The summed E-state index contributed by atoms with van der Waals surface area (Å²) in [7, 11) is 2.21. The van der Waals surface area contributed by atoms with Crippen LogP contribution in [0.4, 0.5) is 0 Å². The second kappa shape index (κ2) is 7.59. The Kier molecular flexibility index (Phi) is 5.79. The van der Waals surface area contributed by atoms with Crippen LogP contribution in [0.2, 0.25) is 0 Å². The molecule has 0 saturated carbocycles. The summed E-state index contributed by atoms with van der Waals surface area (Å²) in [4.78, 5) is 2.43. The molecule has 1 aromatic heterocycles. The summed E-state index contributed by atoms with van der Waals surface area (Å²) in [5.74, 6) is 0. The van der Waals surface area contributed by atoms with E-state index in [1.807, 2.05) is 29.1 Å². The SMILES string of the molecule is CN(Cc1ccn(-c2ccccc2)n1)C1CCNCC1.Cl. The molecular weight excluding hydrogens is 284 g/mol. The summed E-state index contributed by atoms with van der Waals surface area (Å²) < 4.78 is 1.95. The lowest BCUT2D eigenvalue weighted by Gasteiger charge is -2.31. The van der Waals surface area contributed by atoms with Crippen molar-refractivity contribution in [3.8, 4) is 5.69 Å². The molecule has 0 spiro atoms. The average molecular weight is 307 g/mol. The van der Waals surface area contributed by atoms with Crippen molar-refractivity contribution >= 4 is 12.4 Å². The highest BCUT2D eigenvalue weighted by Crippen LogP contribution is 2.13. The van der Waals surface area contributed by atoms with Gasteiger partial charge in [0, 0.05) is 18.8 Å². The Morgan fingerprint density at radius 1 is 1.19 bits per heavy atom. The first kappa shape index (κ1) is 16.0. The zero-order valence-corrected chi connectivity index (χ0v) is 13.2. The van der Waals surface area contributed by atoms with Gasteiger partial charge >= 0.3 is 0 Å². The second-order valence-corrected chi connectivity index (χ2v) is 5.48. The molecule has 2 aromatic rings. The van der Waals surface area contributed by atoms with Crippen molar-refractivity contribution in [2.24, 2.45) is 0 Å². The molecule has 21 heavy (non-hydrogen) atoms. The minimum Gasteiger partial charge on any atom is -0.317 e. The second-order valence-electron chi connectivity index (χ2n) is 5.48. The standard InChI is InChI=1S/C16H22N4.ClH/c1-19(15-7-10-17-11-8-15)13-14-9-12-20(18-14)16-5-3-2-4-6-16;/h2-6,9,12,15,17H,7-8,10-11,13H2,1H3;1H. The number of hydrogen-bond donors (Lipinski definition) is 1. The number of aromatic nitrogens is 2. The third-order valence-electron chi connectivity index (χ3n) is 4.01. The third kappa shape index (κ3) is 4.06. The van der Waals surface area contributed by atoms with Crippen molar-refractivity contribution in [2.75, 3.05) is 20.1 Å². The quantitative estimate of drug-likeness (QED) is 0.942. The van der Waals surface area contributed by atoms with Crippen molar-refractivity contribution in [1.29, 1.82) is 0 Å². The van der Waals surface area contributed by atoms with Gasteiger partial charge in [-0.2, -0.15) is 5.10 Å². The van der Waals surface area contributed by atoms with E-state index in [9.17, 15) is 0 Å². The fraction of sp³-hybridized carbons (Fsp3) is 0.438. The Balaban J connectivity index is 0.00000161. The summed E-state index contributed by atoms with van der Waals surface area (Å²) in [6, 6.07) is 13.1. The summed E-state index contributed by atoms with van der Waals surface area (Å²) in [6.07, 6.45) is 4.51. The molecule has 1 fully saturated rings. The first-order valence-corrected chi connectivity index (χ1v) is 7.34. The van der Waals surface area contributed by atoms with Crippen molar-refractivity contribution in [1.82, 2.24) is 20.0 Å². The maximum atomic E-state index is 4.67. The zero-order valence-electron chi connectivity index (χ0n) is 12.4. The van der Waals surface area contributed by atoms with E-state index in [-0.39, 0.29) is 12.4 Å². The zero-order chi connectivity index (χ0) is 13.8. The predicted octanol–water partition coefficient (Wildman–Crippen LogP) is 2.48. The Labute approximate surface area is 132 Å². The van der Waals surface area contributed by atoms with Crippen molar-refractivity contribution < 1.29 is 0 Å². The van der Waals surface area contributed by atoms with Gasteiger partial charge < -0.3 is 5.32 Å². The molecule has 5 heteroatoms. The minimum absolute atomic E-state index is 0. The number of nitrogens with zero attached hydrogens (tertiary/aromatic N) is 3. The molecule has 2 heterocycles. The molecule has 1 aliphatic rings. The lowest BCUT2D eigenvalue weighted by molar-refractivity contribution is 0.189. The molecule has 0 atom stereocenters. The number of nitrogens with one attached hydrogen (secondary N) is 1. The van der Waals surface area contributed by atoms with E-state index in [4.69, 9.17) is 0 Å². The van der Waals surface area contributed by atoms with Crippen LogP contribution in [0, 0.1) is 0 Å². The Bertz CT molecular complexity index is 534. The fourth-order valence-corrected chi connectivity index (χ4v) is 2.80. The highest BCUT2D eigenvalue weighted by molar-refractivity contribution is 5.85. The number of halogens is 1. The van der Waals surface area contributed by atoms with Gasteiger partial charge in [0.1, 0.15) is 0 Å². The highest BCUT2D eigenvalue weighted by atomic mass is 35.5. The molecular formula is C16H23ClN4. The van der Waals surface area contributed by atoms with Crippen LogP contribution in [-0.4, -0.2) is 40.9 Å². The van der Waals surface area contributed by atoms with Gasteiger partial charge in [0.15, 0.2) is 0 Å². The average Bonchev–Trinajstić information content (AvgIpc) is 2.97. The molecule has 0 unspecified atom stereocenters. The molecule has 1 aliphatic heterocycles. The Morgan fingerprint density at radius 2 is 1.90 bits per heavy atom. The van der Waals surface area contributed by atoms with Gasteiger partial charge in [-0.3, -0.25) is 4.90 Å². The lowest BCUT2D eigenvalue weighted by atomic mass is 10.1. The van der Waals surface area contributed by atoms with Crippen LogP contribution in [0.15, 0.2) is 42.6 Å². The van der Waals surface area contributed by atoms with E-state index in [1.165, 1.54) is 12.8 Å². The normalized spacial score (nSPS) is 15.9. The van der Waals surface area contributed by atoms with Crippen molar-refractivity contribution in [3.05, 3.63) is 48.3 Å². The van der Waals surface area contributed by atoms with Gasteiger partial charge in [0.2, 0.25) is 0 Å². The maximum Gasteiger partial charge on any atom is 0.0769 e. The number of para-hydroxylation sites is 1. The number of piperidine rings is 1. The third-order valence-corrected chi connectivity index (χ3v) is 4.01. The molecule has 4 nitrogen and oxygen atoms in total. The predicted molar refractivity (Wildman–Crippen MR) is 88.2 cm³/mol. The van der Waals surface area contributed by atoms with Crippen LogP contribution in [-0.2, 0) is 6.54 Å². The van der Waals surface area contributed by atoms with Crippen LogP contribution in [0.3, 0.4) is 0 Å². The van der Waals surface area contributed by atoms with Gasteiger partial charge in [0.25, 0.3) is 0 Å². The minimum atomic E-state index is 0. The summed E-state index contributed by atoms with van der Waals surface area (Å²) in [6.45, 7) is 3.19. The van der Waals surface area contributed by atoms with Crippen LogP contribution in [0.5, 0.6) is 0 Å². The molecule has 1 aromatic carbocycles. The van der Waals surface area contributed by atoms with E-state index in [0.717, 1.165) is 31.0 Å².